The first-order chi connectivity index (χ1) is 13.1. The van der Waals surface area contributed by atoms with E-state index < -0.39 is 5.41 Å². The summed E-state index contributed by atoms with van der Waals surface area (Å²) < 4.78 is 10.5. The second kappa shape index (κ2) is 7.11. The van der Waals surface area contributed by atoms with E-state index in [1.165, 1.54) is 0 Å². The van der Waals surface area contributed by atoms with Crippen LogP contribution in [0.5, 0.6) is 5.88 Å². The number of aryl methyl sites for hydroxylation is 1. The van der Waals surface area contributed by atoms with Crippen molar-refractivity contribution in [1.82, 2.24) is 15.0 Å². The summed E-state index contributed by atoms with van der Waals surface area (Å²) in [6, 6.07) is 3.50. The summed E-state index contributed by atoms with van der Waals surface area (Å²) >= 11 is 0. The van der Waals surface area contributed by atoms with Gasteiger partial charge in [0.15, 0.2) is 0 Å². The van der Waals surface area contributed by atoms with Crippen molar-refractivity contribution in [2.75, 3.05) is 43.6 Å². The highest BCUT2D eigenvalue weighted by Gasteiger charge is 2.43. The van der Waals surface area contributed by atoms with Crippen molar-refractivity contribution in [3.63, 3.8) is 0 Å². The molecule has 0 saturated carbocycles. The third-order valence-electron chi connectivity index (χ3n) is 5.27. The number of nitrogens with one attached hydrogen (secondary N) is 1. The molecule has 1 atom stereocenters. The second-order valence-corrected chi connectivity index (χ2v) is 7.02. The third-order valence-corrected chi connectivity index (χ3v) is 5.27. The van der Waals surface area contributed by atoms with Gasteiger partial charge in [-0.15, -0.1) is 0 Å². The number of carbonyl (C=O) groups excluding carboxylic acids is 1. The molecule has 8 nitrogen and oxygen atoms in total. The topological polar surface area (TPSA) is 89.5 Å². The Morgan fingerprint density at radius 1 is 1.26 bits per heavy atom. The summed E-state index contributed by atoms with van der Waals surface area (Å²) in [4.78, 5) is 28.6. The number of hydrogen-bond donors (Lipinski definition) is 1. The van der Waals surface area contributed by atoms with Crippen molar-refractivity contribution in [3.05, 3.63) is 35.8 Å². The number of hydrogen-bond acceptors (Lipinski definition) is 7. The van der Waals surface area contributed by atoms with Crippen LogP contribution in [0.3, 0.4) is 0 Å². The number of carbonyl (C=O) groups is 1. The first kappa shape index (κ1) is 17.7. The number of rotatable bonds is 4. The van der Waals surface area contributed by atoms with Gasteiger partial charge in [-0.3, -0.25) is 4.79 Å². The van der Waals surface area contributed by atoms with Crippen LogP contribution in [0.15, 0.2) is 24.5 Å². The van der Waals surface area contributed by atoms with Crippen LogP contribution in [0.25, 0.3) is 0 Å². The van der Waals surface area contributed by atoms with Crippen LogP contribution >= 0.6 is 0 Å². The molecule has 1 unspecified atom stereocenters. The lowest BCUT2D eigenvalue weighted by Crippen LogP contribution is -2.39. The molecule has 3 heterocycles. The predicted molar refractivity (Wildman–Crippen MR) is 100 cm³/mol. The standard InChI is InChI=1S/C19H23N5O3/c1-19(17(25)22-14-3-4-15(26-2)20-12-14)6-5-13-11-21-18(23-16(13)19)24-7-9-27-10-8-24/h3-4,11-12H,5-10H2,1-2H3,(H,22,25). The third kappa shape index (κ3) is 3.32. The quantitative estimate of drug-likeness (QED) is 0.875. The average molecular weight is 369 g/mol. The molecule has 2 aliphatic rings. The van der Waals surface area contributed by atoms with Crippen molar-refractivity contribution in [1.29, 1.82) is 0 Å². The number of nitrogens with zero attached hydrogens (tertiary/aromatic N) is 4. The Kier molecular flexibility index (Phi) is 4.65. The Morgan fingerprint density at radius 2 is 2.07 bits per heavy atom. The minimum Gasteiger partial charge on any atom is -0.481 e. The molecule has 1 N–H and O–H groups in total. The SMILES string of the molecule is COc1ccc(NC(=O)C2(C)CCc3cnc(N4CCOCC4)nc32)cn1. The van der Waals surface area contributed by atoms with Gasteiger partial charge in [-0.2, -0.15) is 0 Å². The highest BCUT2D eigenvalue weighted by atomic mass is 16.5. The van der Waals surface area contributed by atoms with Crippen LogP contribution in [0.1, 0.15) is 24.6 Å². The lowest BCUT2D eigenvalue weighted by Gasteiger charge is -2.28. The molecule has 1 saturated heterocycles. The molecule has 27 heavy (non-hydrogen) atoms. The summed E-state index contributed by atoms with van der Waals surface area (Å²) in [5.74, 6) is 1.09. The van der Waals surface area contributed by atoms with Gasteiger partial charge < -0.3 is 19.7 Å². The van der Waals surface area contributed by atoms with Crippen LogP contribution < -0.4 is 15.0 Å². The number of aromatic nitrogens is 3. The molecule has 8 heteroatoms. The Balaban J connectivity index is 1.57. The van der Waals surface area contributed by atoms with Crippen LogP contribution in [0.4, 0.5) is 11.6 Å². The van der Waals surface area contributed by atoms with Crippen LogP contribution in [0, 0.1) is 0 Å². The van der Waals surface area contributed by atoms with E-state index in [9.17, 15) is 4.79 Å². The van der Waals surface area contributed by atoms with E-state index in [1.54, 1.807) is 25.4 Å². The number of fused-ring (bicyclic) bond motifs is 1. The second-order valence-electron chi connectivity index (χ2n) is 7.02. The van der Waals surface area contributed by atoms with E-state index >= 15 is 0 Å². The van der Waals surface area contributed by atoms with Crippen molar-refractivity contribution >= 4 is 17.5 Å². The molecule has 0 bridgehead atoms. The number of ether oxygens (including phenoxy) is 2. The van der Waals surface area contributed by atoms with Gasteiger partial charge in [-0.05, 0) is 31.4 Å². The van der Waals surface area contributed by atoms with Gasteiger partial charge in [0.1, 0.15) is 0 Å². The zero-order valence-corrected chi connectivity index (χ0v) is 15.6. The van der Waals surface area contributed by atoms with Gasteiger partial charge in [0, 0.05) is 25.4 Å². The van der Waals surface area contributed by atoms with Gasteiger partial charge >= 0.3 is 0 Å². The minimum atomic E-state index is -0.695. The van der Waals surface area contributed by atoms with E-state index in [2.05, 4.69) is 20.2 Å². The molecule has 1 aliphatic heterocycles. The maximum atomic E-state index is 13.1. The van der Waals surface area contributed by atoms with Crippen LogP contribution in [-0.2, 0) is 21.4 Å². The molecule has 0 spiro atoms. The van der Waals surface area contributed by atoms with Crippen LogP contribution in [0.2, 0.25) is 0 Å². The molecule has 2 aromatic rings. The van der Waals surface area contributed by atoms with Crippen molar-refractivity contribution in [3.8, 4) is 5.88 Å². The summed E-state index contributed by atoms with van der Waals surface area (Å²) in [7, 11) is 1.56. The highest BCUT2D eigenvalue weighted by Crippen LogP contribution is 2.39. The van der Waals surface area contributed by atoms with Gasteiger partial charge in [-0.1, -0.05) is 0 Å². The Morgan fingerprint density at radius 3 is 2.78 bits per heavy atom. The lowest BCUT2D eigenvalue weighted by atomic mass is 9.86. The number of pyridine rings is 1. The number of anilines is 2. The largest absolute Gasteiger partial charge is 0.481 e. The normalized spacial score (nSPS) is 21.6. The summed E-state index contributed by atoms with van der Waals surface area (Å²) in [5, 5.41) is 2.96. The minimum absolute atomic E-state index is 0.0835. The molecule has 2 aromatic heterocycles. The number of amides is 1. The van der Waals surface area contributed by atoms with Gasteiger partial charge in [0.25, 0.3) is 0 Å². The van der Waals surface area contributed by atoms with E-state index in [0.717, 1.165) is 30.8 Å². The fraction of sp³-hybridized carbons (Fsp3) is 0.474. The Labute approximate surface area is 157 Å². The van der Waals surface area contributed by atoms with E-state index in [1.807, 2.05) is 13.1 Å². The van der Waals surface area contributed by atoms with E-state index in [4.69, 9.17) is 14.5 Å². The van der Waals surface area contributed by atoms with Crippen molar-refractivity contribution in [2.24, 2.45) is 0 Å². The molecule has 1 amide bonds. The lowest BCUT2D eigenvalue weighted by molar-refractivity contribution is -0.121. The smallest absolute Gasteiger partial charge is 0.236 e. The monoisotopic (exact) mass is 369 g/mol. The molecule has 0 radical (unpaired) electrons. The summed E-state index contributed by atoms with van der Waals surface area (Å²) in [6.45, 7) is 4.81. The molecule has 4 rings (SSSR count). The zero-order chi connectivity index (χ0) is 18.9. The number of methoxy groups -OCH3 is 1. The number of morpholine rings is 1. The molecular formula is C19H23N5O3. The van der Waals surface area contributed by atoms with Crippen molar-refractivity contribution in [2.45, 2.75) is 25.2 Å². The Bertz CT molecular complexity index is 836. The van der Waals surface area contributed by atoms with Crippen LogP contribution in [-0.4, -0.2) is 54.3 Å². The molecule has 1 fully saturated rings. The average Bonchev–Trinajstić information content (AvgIpc) is 3.07. The first-order valence-electron chi connectivity index (χ1n) is 9.11. The molecule has 142 valence electrons. The first-order valence-corrected chi connectivity index (χ1v) is 9.11. The highest BCUT2D eigenvalue weighted by molar-refractivity contribution is 5.99. The van der Waals surface area contributed by atoms with E-state index in [0.29, 0.717) is 37.2 Å². The zero-order valence-electron chi connectivity index (χ0n) is 15.6. The summed E-state index contributed by atoms with van der Waals surface area (Å²) in [5.41, 5.74) is 1.80. The molecule has 1 aliphatic carbocycles. The maximum Gasteiger partial charge on any atom is 0.236 e. The Hall–Kier alpha value is -2.74. The molecule has 0 aromatic carbocycles. The predicted octanol–water partition coefficient (Wildman–Crippen LogP) is 1.56. The fourth-order valence-electron chi connectivity index (χ4n) is 3.54. The van der Waals surface area contributed by atoms with Gasteiger partial charge in [0.2, 0.25) is 17.7 Å². The van der Waals surface area contributed by atoms with Gasteiger partial charge in [-0.25, -0.2) is 15.0 Å². The van der Waals surface area contributed by atoms with Crippen molar-refractivity contribution < 1.29 is 14.3 Å². The summed E-state index contributed by atoms with van der Waals surface area (Å²) in [6.07, 6.45) is 4.96. The maximum absolute atomic E-state index is 13.1. The van der Waals surface area contributed by atoms with Gasteiger partial charge in [0.05, 0.1) is 43.3 Å². The fourth-order valence-corrected chi connectivity index (χ4v) is 3.54. The molecular weight excluding hydrogens is 346 g/mol. The van der Waals surface area contributed by atoms with E-state index in [-0.39, 0.29) is 5.91 Å².